The molecule has 28 heavy (non-hydrogen) atoms. The number of fused-ring (bicyclic) bond motifs is 2. The minimum absolute atomic E-state index is 0.221. The van der Waals surface area contributed by atoms with Crippen LogP contribution < -0.4 is 14.4 Å². The third-order valence-electron chi connectivity index (χ3n) is 5.57. The van der Waals surface area contributed by atoms with Crippen molar-refractivity contribution in [3.8, 4) is 11.5 Å². The minimum atomic E-state index is -0.221. The van der Waals surface area contributed by atoms with E-state index in [9.17, 15) is 4.39 Å². The molecule has 0 spiro atoms. The Bertz CT molecular complexity index is 979. The van der Waals surface area contributed by atoms with Crippen molar-refractivity contribution in [2.75, 3.05) is 50.8 Å². The van der Waals surface area contributed by atoms with Gasteiger partial charge in [-0.15, -0.1) is 0 Å². The first kappa shape index (κ1) is 17.4. The van der Waals surface area contributed by atoms with Gasteiger partial charge in [-0.1, -0.05) is 6.07 Å². The van der Waals surface area contributed by atoms with Crippen LogP contribution >= 0.6 is 0 Å². The second kappa shape index (κ2) is 7.36. The number of para-hydroxylation sites is 1. The molecule has 0 radical (unpaired) electrons. The fourth-order valence-corrected chi connectivity index (χ4v) is 4.05. The molecule has 0 unspecified atom stereocenters. The molecule has 1 saturated heterocycles. The Hall–Kier alpha value is -2.73. The lowest BCUT2D eigenvalue weighted by atomic mass is 10.1. The number of anilines is 1. The summed E-state index contributed by atoms with van der Waals surface area (Å²) in [6, 6.07) is 10.8. The van der Waals surface area contributed by atoms with Crippen LogP contribution in [0.5, 0.6) is 11.5 Å². The van der Waals surface area contributed by atoms with E-state index in [4.69, 9.17) is 13.9 Å². The molecule has 6 heteroatoms. The Balaban J connectivity index is 1.21. The highest BCUT2D eigenvalue weighted by Gasteiger charge is 2.23. The molecule has 2 aliphatic heterocycles. The van der Waals surface area contributed by atoms with E-state index in [2.05, 4.69) is 15.9 Å². The highest BCUT2D eigenvalue weighted by atomic mass is 19.1. The predicted octanol–water partition coefficient (Wildman–Crippen LogP) is 3.71. The van der Waals surface area contributed by atoms with Crippen LogP contribution in [0.3, 0.4) is 0 Å². The number of piperazine rings is 1. The van der Waals surface area contributed by atoms with Crippen molar-refractivity contribution in [1.29, 1.82) is 0 Å². The van der Waals surface area contributed by atoms with Crippen LogP contribution in [0.25, 0.3) is 11.0 Å². The normalized spacial score (nSPS) is 17.2. The van der Waals surface area contributed by atoms with Crippen molar-refractivity contribution in [3.05, 3.63) is 54.0 Å². The molecular weight excluding hydrogens is 359 g/mol. The van der Waals surface area contributed by atoms with Gasteiger partial charge in [0.05, 0.1) is 12.0 Å². The Labute approximate surface area is 163 Å². The van der Waals surface area contributed by atoms with Gasteiger partial charge in [-0.3, -0.25) is 4.90 Å². The molecule has 5 nitrogen and oxygen atoms in total. The van der Waals surface area contributed by atoms with E-state index in [1.807, 2.05) is 12.1 Å². The summed E-state index contributed by atoms with van der Waals surface area (Å²) in [7, 11) is 0. The number of nitrogens with zero attached hydrogens (tertiary/aromatic N) is 2. The van der Waals surface area contributed by atoms with Gasteiger partial charge in [-0.2, -0.15) is 0 Å². The van der Waals surface area contributed by atoms with Crippen molar-refractivity contribution < 1.29 is 18.3 Å². The molecule has 3 heterocycles. The van der Waals surface area contributed by atoms with Gasteiger partial charge < -0.3 is 18.8 Å². The van der Waals surface area contributed by atoms with Gasteiger partial charge in [0.25, 0.3) is 0 Å². The van der Waals surface area contributed by atoms with Crippen LogP contribution in [-0.4, -0.2) is 50.8 Å². The molecule has 0 amide bonds. The average molecular weight is 382 g/mol. The molecule has 3 aromatic rings. The van der Waals surface area contributed by atoms with Crippen molar-refractivity contribution in [1.82, 2.24) is 4.90 Å². The summed E-state index contributed by atoms with van der Waals surface area (Å²) in [5.41, 5.74) is 2.94. The lowest BCUT2D eigenvalue weighted by molar-refractivity contribution is 0.171. The summed E-state index contributed by atoms with van der Waals surface area (Å²) >= 11 is 0. The summed E-state index contributed by atoms with van der Waals surface area (Å²) in [6.07, 6.45) is 2.61. The largest absolute Gasteiger partial charge is 0.486 e. The van der Waals surface area contributed by atoms with E-state index < -0.39 is 0 Å². The first-order valence-corrected chi connectivity index (χ1v) is 9.79. The Morgan fingerprint density at radius 1 is 0.964 bits per heavy atom. The average Bonchev–Trinajstić information content (AvgIpc) is 3.14. The van der Waals surface area contributed by atoms with E-state index in [-0.39, 0.29) is 5.82 Å². The third kappa shape index (κ3) is 3.29. The van der Waals surface area contributed by atoms with E-state index >= 15 is 0 Å². The summed E-state index contributed by atoms with van der Waals surface area (Å²) in [5.74, 6) is 1.49. The molecule has 2 aromatic carbocycles. The zero-order valence-corrected chi connectivity index (χ0v) is 15.7. The zero-order valence-electron chi connectivity index (χ0n) is 15.7. The number of halogens is 1. The number of hydrogen-bond acceptors (Lipinski definition) is 5. The highest BCUT2D eigenvalue weighted by Crippen LogP contribution is 2.39. The van der Waals surface area contributed by atoms with E-state index in [1.54, 1.807) is 18.4 Å². The molecule has 2 aliphatic rings. The first-order chi connectivity index (χ1) is 13.8. The lowest BCUT2D eigenvalue weighted by Gasteiger charge is -2.37. The number of benzene rings is 2. The molecule has 1 fully saturated rings. The van der Waals surface area contributed by atoms with Crippen LogP contribution in [0.15, 0.2) is 47.1 Å². The summed E-state index contributed by atoms with van der Waals surface area (Å²) in [5, 5.41) is 0.881. The van der Waals surface area contributed by atoms with E-state index in [0.29, 0.717) is 13.2 Å². The maximum Gasteiger partial charge on any atom is 0.184 e. The molecule has 0 aliphatic carbocycles. The number of furan rings is 1. The number of hydrogen-bond donors (Lipinski definition) is 0. The summed E-state index contributed by atoms with van der Waals surface area (Å²) in [6.45, 7) is 6.00. The molecule has 0 saturated carbocycles. The first-order valence-electron chi connectivity index (χ1n) is 9.79. The fraction of sp³-hybridized carbons (Fsp3) is 0.364. The van der Waals surface area contributed by atoms with Crippen LogP contribution in [0.2, 0.25) is 0 Å². The van der Waals surface area contributed by atoms with E-state index in [1.165, 1.54) is 6.07 Å². The topological polar surface area (TPSA) is 38.1 Å². The van der Waals surface area contributed by atoms with Gasteiger partial charge in [0.2, 0.25) is 0 Å². The minimum Gasteiger partial charge on any atom is -0.486 e. The Morgan fingerprint density at radius 2 is 1.82 bits per heavy atom. The molecule has 5 rings (SSSR count). The van der Waals surface area contributed by atoms with Gasteiger partial charge in [-0.25, -0.2) is 4.39 Å². The van der Waals surface area contributed by atoms with Crippen LogP contribution in [0, 0.1) is 5.82 Å². The van der Waals surface area contributed by atoms with Crippen LogP contribution in [-0.2, 0) is 6.42 Å². The molecule has 0 bridgehead atoms. The van der Waals surface area contributed by atoms with Gasteiger partial charge in [0.15, 0.2) is 11.5 Å². The quantitative estimate of drug-likeness (QED) is 0.688. The molecule has 0 atom stereocenters. The van der Waals surface area contributed by atoms with Crippen molar-refractivity contribution in [2.45, 2.75) is 6.42 Å². The SMILES string of the molecule is Fc1ccc2occ(CCN3CCN(c4cccc5c4OCCO5)CC3)c2c1. The van der Waals surface area contributed by atoms with Gasteiger partial charge in [0.1, 0.15) is 24.6 Å². The standard InChI is InChI=1S/C22H23FN2O3/c23-17-4-5-20-18(14-17)16(15-28-20)6-7-24-8-10-25(11-9-24)19-2-1-3-21-22(19)27-13-12-26-21/h1-5,14-15H,6-13H2. The molecule has 146 valence electrons. The molecular formula is C22H23FN2O3. The third-order valence-corrected chi connectivity index (χ3v) is 5.57. The Kier molecular flexibility index (Phi) is 4.56. The van der Waals surface area contributed by atoms with Crippen LogP contribution in [0.4, 0.5) is 10.1 Å². The smallest absolute Gasteiger partial charge is 0.184 e. The zero-order chi connectivity index (χ0) is 18.9. The maximum absolute atomic E-state index is 13.5. The van der Waals surface area contributed by atoms with Gasteiger partial charge in [-0.05, 0) is 42.3 Å². The molecule has 1 aromatic heterocycles. The second-order valence-electron chi connectivity index (χ2n) is 7.28. The Morgan fingerprint density at radius 3 is 2.71 bits per heavy atom. The second-order valence-corrected chi connectivity index (χ2v) is 7.28. The number of rotatable bonds is 4. The van der Waals surface area contributed by atoms with E-state index in [0.717, 1.165) is 72.9 Å². The molecule has 0 N–H and O–H groups in total. The van der Waals surface area contributed by atoms with Gasteiger partial charge in [0, 0.05) is 38.1 Å². The van der Waals surface area contributed by atoms with Crippen molar-refractivity contribution in [3.63, 3.8) is 0 Å². The monoisotopic (exact) mass is 382 g/mol. The number of ether oxygens (including phenoxy) is 2. The van der Waals surface area contributed by atoms with Crippen molar-refractivity contribution in [2.24, 2.45) is 0 Å². The predicted molar refractivity (Wildman–Crippen MR) is 106 cm³/mol. The fourth-order valence-electron chi connectivity index (χ4n) is 4.05. The summed E-state index contributed by atoms with van der Waals surface area (Å²) < 4.78 is 30.7. The highest BCUT2D eigenvalue weighted by molar-refractivity contribution is 5.81. The maximum atomic E-state index is 13.5. The van der Waals surface area contributed by atoms with Crippen molar-refractivity contribution >= 4 is 16.7 Å². The van der Waals surface area contributed by atoms with Gasteiger partial charge >= 0.3 is 0 Å². The van der Waals surface area contributed by atoms with Crippen LogP contribution in [0.1, 0.15) is 5.56 Å². The lowest BCUT2D eigenvalue weighted by Crippen LogP contribution is -2.47. The summed E-state index contributed by atoms with van der Waals surface area (Å²) in [4.78, 5) is 4.81.